The number of benzene rings is 2. The zero-order valence-corrected chi connectivity index (χ0v) is 11.7. The smallest absolute Gasteiger partial charge is 0.262 e. The first-order valence-corrected chi connectivity index (χ1v) is 6.49. The summed E-state index contributed by atoms with van der Waals surface area (Å²) in [6, 6.07) is 17.7. The predicted molar refractivity (Wildman–Crippen MR) is 83.2 cm³/mol. The first-order chi connectivity index (χ1) is 9.65. The molecule has 1 N–H and O–H groups in total. The van der Waals surface area contributed by atoms with E-state index < -0.39 is 0 Å². The maximum atomic E-state index is 11.8. The Labute approximate surface area is 119 Å². The minimum Gasteiger partial charge on any atom is -0.288 e. The van der Waals surface area contributed by atoms with Gasteiger partial charge in [0.25, 0.3) is 5.91 Å². The molecule has 2 aromatic rings. The van der Waals surface area contributed by atoms with Gasteiger partial charge < -0.3 is 0 Å². The van der Waals surface area contributed by atoms with Gasteiger partial charge in [0.15, 0.2) is 0 Å². The van der Waals surface area contributed by atoms with Crippen molar-refractivity contribution < 1.29 is 4.79 Å². The molecule has 0 aliphatic heterocycles. The van der Waals surface area contributed by atoms with Crippen molar-refractivity contribution in [3.05, 3.63) is 71.8 Å². The van der Waals surface area contributed by atoms with Gasteiger partial charge in [0, 0.05) is 13.1 Å². The van der Waals surface area contributed by atoms with Gasteiger partial charge in [-0.05, 0) is 30.7 Å². The maximum Gasteiger partial charge on any atom is 0.262 e. The molecule has 2 aromatic carbocycles. The second kappa shape index (κ2) is 6.57. The summed E-state index contributed by atoms with van der Waals surface area (Å²) in [7, 11) is 1.81. The molecule has 3 heteroatoms. The summed E-state index contributed by atoms with van der Waals surface area (Å²) in [6.07, 6.45) is 3.34. The molecule has 0 saturated heterocycles. The number of hydrazine groups is 1. The maximum absolute atomic E-state index is 11.8. The second-order valence-electron chi connectivity index (χ2n) is 4.62. The molecular weight excluding hydrogens is 248 g/mol. The largest absolute Gasteiger partial charge is 0.288 e. The second-order valence-corrected chi connectivity index (χ2v) is 4.62. The molecule has 0 unspecified atom stereocenters. The molecule has 20 heavy (non-hydrogen) atoms. The molecule has 3 nitrogen and oxygen atoms in total. The summed E-state index contributed by atoms with van der Waals surface area (Å²) in [5, 5.41) is 1.70. The van der Waals surface area contributed by atoms with Gasteiger partial charge >= 0.3 is 0 Å². The van der Waals surface area contributed by atoms with Crippen LogP contribution in [0.2, 0.25) is 0 Å². The predicted octanol–water partition coefficient (Wildman–Crippen LogP) is 3.18. The Kier molecular flexibility index (Phi) is 4.56. The lowest BCUT2D eigenvalue weighted by molar-refractivity contribution is -0.116. The molecule has 0 heterocycles. The van der Waals surface area contributed by atoms with Crippen LogP contribution in [0.15, 0.2) is 60.7 Å². The highest BCUT2D eigenvalue weighted by Gasteiger charge is 2.02. The molecular formula is C17H18N2O. The number of para-hydroxylation sites is 1. The van der Waals surface area contributed by atoms with Crippen LogP contribution < -0.4 is 10.4 Å². The third-order valence-corrected chi connectivity index (χ3v) is 2.89. The number of amides is 1. The van der Waals surface area contributed by atoms with Gasteiger partial charge in [-0.3, -0.25) is 15.2 Å². The SMILES string of the molecule is Cc1cccc(/C=C/C(=O)NN(C)c2ccccc2)c1. The van der Waals surface area contributed by atoms with E-state index in [0.29, 0.717) is 0 Å². The van der Waals surface area contributed by atoms with E-state index in [9.17, 15) is 4.79 Å². The van der Waals surface area contributed by atoms with Gasteiger partial charge in [0.05, 0.1) is 5.69 Å². The summed E-state index contributed by atoms with van der Waals surface area (Å²) < 4.78 is 0. The highest BCUT2D eigenvalue weighted by Crippen LogP contribution is 2.09. The number of carbonyl (C=O) groups excluding carboxylic acids is 1. The van der Waals surface area contributed by atoms with Crippen LogP contribution in [0.3, 0.4) is 0 Å². The Morgan fingerprint density at radius 2 is 1.85 bits per heavy atom. The van der Waals surface area contributed by atoms with Crippen LogP contribution in [0.25, 0.3) is 6.08 Å². The number of nitrogens with one attached hydrogen (secondary N) is 1. The number of carbonyl (C=O) groups is 1. The number of rotatable bonds is 4. The van der Waals surface area contributed by atoms with Gasteiger partial charge in [-0.25, -0.2) is 0 Å². The topological polar surface area (TPSA) is 32.3 Å². The van der Waals surface area contributed by atoms with Crippen molar-refractivity contribution in [3.63, 3.8) is 0 Å². The van der Waals surface area contributed by atoms with E-state index in [4.69, 9.17) is 0 Å². The third kappa shape index (κ3) is 3.99. The molecule has 0 aliphatic carbocycles. The molecule has 102 valence electrons. The molecule has 0 aliphatic rings. The molecule has 0 fully saturated rings. The number of hydrogen-bond acceptors (Lipinski definition) is 2. The van der Waals surface area contributed by atoms with Gasteiger partial charge in [-0.2, -0.15) is 0 Å². The van der Waals surface area contributed by atoms with Crippen molar-refractivity contribution in [3.8, 4) is 0 Å². The zero-order valence-electron chi connectivity index (χ0n) is 11.7. The first-order valence-electron chi connectivity index (χ1n) is 6.49. The summed E-state index contributed by atoms with van der Waals surface area (Å²) in [6.45, 7) is 2.03. The summed E-state index contributed by atoms with van der Waals surface area (Å²) in [5.74, 6) is -0.155. The van der Waals surface area contributed by atoms with Gasteiger partial charge in [-0.15, -0.1) is 0 Å². The lowest BCUT2D eigenvalue weighted by Crippen LogP contribution is -2.38. The Bertz CT molecular complexity index is 605. The standard InChI is InChI=1S/C17H18N2O/c1-14-7-6-8-15(13-14)11-12-17(20)18-19(2)16-9-4-3-5-10-16/h3-13H,1-2H3,(H,18,20)/b12-11+. The molecule has 0 radical (unpaired) electrons. The molecule has 0 bridgehead atoms. The van der Waals surface area contributed by atoms with Crippen LogP contribution in [0.1, 0.15) is 11.1 Å². The van der Waals surface area contributed by atoms with Crippen LogP contribution in [0.4, 0.5) is 5.69 Å². The summed E-state index contributed by atoms with van der Waals surface area (Å²) in [4.78, 5) is 11.8. The average Bonchev–Trinajstić information content (AvgIpc) is 2.46. The lowest BCUT2D eigenvalue weighted by atomic mass is 10.1. The minimum absolute atomic E-state index is 0.155. The van der Waals surface area contributed by atoms with E-state index in [0.717, 1.165) is 11.3 Å². The fraction of sp³-hybridized carbons (Fsp3) is 0.118. The van der Waals surface area contributed by atoms with Gasteiger partial charge in [-0.1, -0.05) is 48.0 Å². The van der Waals surface area contributed by atoms with E-state index in [2.05, 4.69) is 5.43 Å². The number of hydrogen-bond donors (Lipinski definition) is 1. The monoisotopic (exact) mass is 266 g/mol. The van der Waals surface area contributed by atoms with Crippen molar-refractivity contribution in [1.82, 2.24) is 5.43 Å². The van der Waals surface area contributed by atoms with Crippen LogP contribution in [0.5, 0.6) is 0 Å². The van der Waals surface area contributed by atoms with E-state index >= 15 is 0 Å². The molecule has 0 saturated carbocycles. The fourth-order valence-electron chi connectivity index (χ4n) is 1.86. The fourth-order valence-corrected chi connectivity index (χ4v) is 1.86. The Hall–Kier alpha value is -2.55. The van der Waals surface area contributed by atoms with Crippen LogP contribution in [-0.2, 0) is 4.79 Å². The van der Waals surface area contributed by atoms with E-state index in [1.807, 2.05) is 68.6 Å². The molecule has 0 spiro atoms. The molecule has 1 amide bonds. The van der Waals surface area contributed by atoms with Crippen molar-refractivity contribution >= 4 is 17.7 Å². The summed E-state index contributed by atoms with van der Waals surface area (Å²) >= 11 is 0. The van der Waals surface area contributed by atoms with Crippen molar-refractivity contribution in [2.24, 2.45) is 0 Å². The number of nitrogens with zero attached hydrogens (tertiary/aromatic N) is 1. The van der Waals surface area contributed by atoms with Crippen molar-refractivity contribution in [2.75, 3.05) is 12.1 Å². The molecule has 0 aromatic heterocycles. The Balaban J connectivity index is 1.96. The Morgan fingerprint density at radius 1 is 1.10 bits per heavy atom. The van der Waals surface area contributed by atoms with Crippen molar-refractivity contribution in [1.29, 1.82) is 0 Å². The molecule has 0 atom stereocenters. The van der Waals surface area contributed by atoms with E-state index in [1.54, 1.807) is 11.1 Å². The quantitative estimate of drug-likeness (QED) is 0.681. The minimum atomic E-state index is -0.155. The average molecular weight is 266 g/mol. The highest BCUT2D eigenvalue weighted by atomic mass is 16.2. The van der Waals surface area contributed by atoms with Crippen LogP contribution in [-0.4, -0.2) is 13.0 Å². The summed E-state index contributed by atoms with van der Waals surface area (Å²) in [5.41, 5.74) is 5.91. The first kappa shape index (κ1) is 13.9. The van der Waals surface area contributed by atoms with Gasteiger partial charge in [0.2, 0.25) is 0 Å². The van der Waals surface area contributed by atoms with E-state index in [-0.39, 0.29) is 5.91 Å². The zero-order chi connectivity index (χ0) is 14.4. The number of anilines is 1. The molecule has 2 rings (SSSR count). The van der Waals surface area contributed by atoms with Crippen LogP contribution >= 0.6 is 0 Å². The normalized spacial score (nSPS) is 10.5. The van der Waals surface area contributed by atoms with Gasteiger partial charge in [0.1, 0.15) is 0 Å². The van der Waals surface area contributed by atoms with Crippen LogP contribution in [0, 0.1) is 6.92 Å². The highest BCUT2D eigenvalue weighted by molar-refractivity contribution is 5.92. The lowest BCUT2D eigenvalue weighted by Gasteiger charge is -2.19. The van der Waals surface area contributed by atoms with Crippen molar-refractivity contribution in [2.45, 2.75) is 6.92 Å². The van der Waals surface area contributed by atoms with E-state index in [1.165, 1.54) is 11.6 Å². The number of aryl methyl sites for hydroxylation is 1. The third-order valence-electron chi connectivity index (χ3n) is 2.89. The Morgan fingerprint density at radius 3 is 2.55 bits per heavy atom.